The summed E-state index contributed by atoms with van der Waals surface area (Å²) in [4.78, 5) is 27.5. The van der Waals surface area contributed by atoms with Crippen LogP contribution in [0.1, 0.15) is 22.7 Å². The van der Waals surface area contributed by atoms with E-state index >= 15 is 0 Å². The molecular formula is C25H20FNO4. The van der Waals surface area contributed by atoms with E-state index in [0.29, 0.717) is 11.3 Å². The number of aliphatic hydroxyl groups is 1. The monoisotopic (exact) mass is 417 g/mol. The number of anilines is 1. The Morgan fingerprint density at radius 1 is 1.00 bits per heavy atom. The van der Waals surface area contributed by atoms with Gasteiger partial charge in [0.25, 0.3) is 11.7 Å². The molecule has 4 rings (SSSR count). The Morgan fingerprint density at radius 3 is 2.42 bits per heavy atom. The summed E-state index contributed by atoms with van der Waals surface area (Å²) in [6, 6.07) is 18.9. The Bertz CT molecular complexity index is 1200. The zero-order chi connectivity index (χ0) is 22.1. The van der Waals surface area contributed by atoms with E-state index in [2.05, 4.69) is 0 Å². The van der Waals surface area contributed by atoms with Crippen molar-refractivity contribution in [3.8, 4) is 5.75 Å². The highest BCUT2D eigenvalue weighted by Crippen LogP contribution is 2.43. The first-order chi connectivity index (χ1) is 14.9. The minimum Gasteiger partial charge on any atom is -0.507 e. The molecule has 1 unspecified atom stereocenters. The van der Waals surface area contributed by atoms with E-state index in [1.54, 1.807) is 36.4 Å². The molecule has 3 aromatic rings. The lowest BCUT2D eigenvalue weighted by atomic mass is 9.94. The Kier molecular flexibility index (Phi) is 5.29. The molecule has 5 nitrogen and oxygen atoms in total. The summed E-state index contributed by atoms with van der Waals surface area (Å²) in [5.74, 6) is -2.52. The molecule has 1 fully saturated rings. The van der Waals surface area contributed by atoms with E-state index in [4.69, 9.17) is 4.74 Å². The van der Waals surface area contributed by atoms with E-state index in [9.17, 15) is 19.1 Å². The molecule has 156 valence electrons. The zero-order valence-electron chi connectivity index (χ0n) is 17.0. The summed E-state index contributed by atoms with van der Waals surface area (Å²) in [6.45, 7) is 1.90. The van der Waals surface area contributed by atoms with Crippen molar-refractivity contribution in [1.82, 2.24) is 0 Å². The molecular weight excluding hydrogens is 397 g/mol. The zero-order valence-corrected chi connectivity index (χ0v) is 17.0. The Labute approximate surface area is 179 Å². The van der Waals surface area contributed by atoms with Crippen molar-refractivity contribution in [2.45, 2.75) is 13.0 Å². The van der Waals surface area contributed by atoms with Crippen LogP contribution in [0, 0.1) is 12.7 Å². The number of methoxy groups -OCH3 is 1. The van der Waals surface area contributed by atoms with Crippen LogP contribution in [0.5, 0.6) is 5.75 Å². The Morgan fingerprint density at radius 2 is 1.74 bits per heavy atom. The van der Waals surface area contributed by atoms with Crippen molar-refractivity contribution in [2.24, 2.45) is 0 Å². The van der Waals surface area contributed by atoms with Crippen molar-refractivity contribution in [1.29, 1.82) is 0 Å². The maximum absolute atomic E-state index is 14.0. The number of carbonyl (C=O) groups is 2. The second-order valence-electron chi connectivity index (χ2n) is 7.26. The predicted molar refractivity (Wildman–Crippen MR) is 115 cm³/mol. The lowest BCUT2D eigenvalue weighted by Gasteiger charge is -2.25. The van der Waals surface area contributed by atoms with E-state index in [1.165, 1.54) is 24.1 Å². The Hall–Kier alpha value is -3.93. The number of nitrogens with zero attached hydrogens (tertiary/aromatic N) is 1. The smallest absolute Gasteiger partial charge is 0.300 e. The van der Waals surface area contributed by atoms with Crippen LogP contribution in [-0.4, -0.2) is 23.9 Å². The van der Waals surface area contributed by atoms with E-state index < -0.39 is 29.3 Å². The number of aliphatic hydroxyl groups excluding tert-OH is 1. The summed E-state index contributed by atoms with van der Waals surface area (Å²) in [5, 5.41) is 11.1. The molecule has 31 heavy (non-hydrogen) atoms. The maximum atomic E-state index is 14.0. The highest BCUT2D eigenvalue weighted by Gasteiger charge is 2.47. The first kappa shape index (κ1) is 20.3. The van der Waals surface area contributed by atoms with Crippen LogP contribution in [0.4, 0.5) is 10.1 Å². The first-order valence-electron chi connectivity index (χ1n) is 9.69. The van der Waals surface area contributed by atoms with Crippen LogP contribution in [0.15, 0.2) is 78.4 Å². The number of ether oxygens (including phenoxy) is 1. The molecule has 6 heteroatoms. The van der Waals surface area contributed by atoms with E-state index in [-0.39, 0.29) is 16.9 Å². The summed E-state index contributed by atoms with van der Waals surface area (Å²) >= 11 is 0. The van der Waals surface area contributed by atoms with Crippen LogP contribution < -0.4 is 9.64 Å². The standard InChI is InChI=1S/C25H20FNO4/c1-15-7-6-8-16(13-15)22-21(23(28)19-14-17(26)11-12-20(19)31-2)24(29)25(30)27(22)18-9-4-3-5-10-18/h3-14,22,28H,1-2H3/b23-21+. The number of benzene rings is 3. The normalized spacial score (nSPS) is 17.8. The predicted octanol–water partition coefficient (Wildman–Crippen LogP) is 4.77. The van der Waals surface area contributed by atoms with Crippen LogP contribution in [-0.2, 0) is 9.59 Å². The number of rotatable bonds is 4. The van der Waals surface area contributed by atoms with Gasteiger partial charge in [-0.05, 0) is 42.8 Å². The lowest BCUT2D eigenvalue weighted by Crippen LogP contribution is -2.29. The number of carbonyl (C=O) groups excluding carboxylic acids is 2. The number of aryl methyl sites for hydroxylation is 1. The van der Waals surface area contributed by atoms with Crippen molar-refractivity contribution in [3.05, 3.63) is 101 Å². The molecule has 1 heterocycles. The molecule has 1 saturated heterocycles. The molecule has 1 aliphatic rings. The fraction of sp³-hybridized carbons (Fsp3) is 0.120. The van der Waals surface area contributed by atoms with Gasteiger partial charge >= 0.3 is 0 Å². The van der Waals surface area contributed by atoms with Gasteiger partial charge in [0.05, 0.1) is 24.3 Å². The fourth-order valence-electron chi connectivity index (χ4n) is 3.85. The van der Waals surface area contributed by atoms with Gasteiger partial charge in [0, 0.05) is 5.69 Å². The molecule has 1 amide bonds. The quantitative estimate of drug-likeness (QED) is 0.377. The summed E-state index contributed by atoms with van der Waals surface area (Å²) < 4.78 is 19.2. The summed E-state index contributed by atoms with van der Waals surface area (Å²) in [5.41, 5.74) is 1.98. The average molecular weight is 417 g/mol. The highest BCUT2D eigenvalue weighted by atomic mass is 19.1. The second-order valence-corrected chi connectivity index (χ2v) is 7.26. The average Bonchev–Trinajstić information content (AvgIpc) is 3.04. The van der Waals surface area contributed by atoms with Crippen molar-refractivity contribution < 1.29 is 23.8 Å². The molecule has 0 aromatic heterocycles. The molecule has 1 aliphatic heterocycles. The molecule has 0 bridgehead atoms. The number of halogens is 1. The third-order valence-electron chi connectivity index (χ3n) is 5.25. The van der Waals surface area contributed by atoms with Crippen molar-refractivity contribution in [3.63, 3.8) is 0 Å². The number of ketones is 1. The molecule has 1 N–H and O–H groups in total. The summed E-state index contributed by atoms with van der Waals surface area (Å²) in [7, 11) is 1.38. The molecule has 1 atom stereocenters. The fourth-order valence-corrected chi connectivity index (χ4v) is 3.85. The van der Waals surface area contributed by atoms with Gasteiger partial charge in [-0.2, -0.15) is 0 Å². The number of hydrogen-bond acceptors (Lipinski definition) is 4. The number of Topliss-reactive ketones (excluding diaryl/α,β-unsaturated/α-hetero) is 1. The summed E-state index contributed by atoms with van der Waals surface area (Å²) in [6.07, 6.45) is 0. The molecule has 0 radical (unpaired) electrons. The van der Waals surface area contributed by atoms with E-state index in [1.807, 2.05) is 25.1 Å². The van der Waals surface area contributed by atoms with Crippen LogP contribution in [0.2, 0.25) is 0 Å². The third kappa shape index (κ3) is 3.57. The van der Waals surface area contributed by atoms with Crippen molar-refractivity contribution >= 4 is 23.1 Å². The minimum atomic E-state index is -0.879. The maximum Gasteiger partial charge on any atom is 0.300 e. The van der Waals surface area contributed by atoms with Crippen LogP contribution in [0.25, 0.3) is 5.76 Å². The van der Waals surface area contributed by atoms with Gasteiger partial charge in [0.15, 0.2) is 0 Å². The number of para-hydroxylation sites is 1. The number of amides is 1. The van der Waals surface area contributed by atoms with Gasteiger partial charge in [-0.1, -0.05) is 48.0 Å². The third-order valence-corrected chi connectivity index (χ3v) is 5.25. The topological polar surface area (TPSA) is 66.8 Å². The molecule has 0 saturated carbocycles. The SMILES string of the molecule is COc1ccc(F)cc1/C(O)=C1\C(=O)C(=O)N(c2ccccc2)C1c1cccc(C)c1. The highest BCUT2D eigenvalue weighted by molar-refractivity contribution is 6.51. The number of hydrogen-bond donors (Lipinski definition) is 1. The largest absolute Gasteiger partial charge is 0.507 e. The minimum absolute atomic E-state index is 0.00575. The second kappa shape index (κ2) is 8.07. The van der Waals surface area contributed by atoms with Gasteiger partial charge in [-0.25, -0.2) is 4.39 Å². The molecule has 0 aliphatic carbocycles. The lowest BCUT2D eigenvalue weighted by molar-refractivity contribution is -0.132. The molecule has 3 aromatic carbocycles. The Balaban J connectivity index is 2.00. The molecule has 0 spiro atoms. The van der Waals surface area contributed by atoms with Crippen LogP contribution in [0.3, 0.4) is 0 Å². The van der Waals surface area contributed by atoms with Gasteiger partial charge in [-0.3, -0.25) is 14.5 Å². The van der Waals surface area contributed by atoms with Crippen LogP contribution >= 0.6 is 0 Å². The first-order valence-corrected chi connectivity index (χ1v) is 9.69. The van der Waals surface area contributed by atoms with Gasteiger partial charge in [0.2, 0.25) is 0 Å². The van der Waals surface area contributed by atoms with Crippen molar-refractivity contribution in [2.75, 3.05) is 12.0 Å². The van der Waals surface area contributed by atoms with Gasteiger partial charge in [0.1, 0.15) is 17.3 Å². The van der Waals surface area contributed by atoms with Gasteiger partial charge < -0.3 is 9.84 Å². The van der Waals surface area contributed by atoms with Gasteiger partial charge in [-0.15, -0.1) is 0 Å². The van der Waals surface area contributed by atoms with E-state index in [0.717, 1.165) is 11.6 Å².